The van der Waals surface area contributed by atoms with Gasteiger partial charge in [0.15, 0.2) is 0 Å². The van der Waals surface area contributed by atoms with Crippen LogP contribution in [0.1, 0.15) is 39.0 Å². The van der Waals surface area contributed by atoms with Gasteiger partial charge in [0.1, 0.15) is 0 Å². The van der Waals surface area contributed by atoms with E-state index >= 15 is 0 Å². The molecule has 2 nitrogen and oxygen atoms in total. The van der Waals surface area contributed by atoms with E-state index in [0.717, 1.165) is 24.4 Å². The Kier molecular flexibility index (Phi) is 3.45. The minimum absolute atomic E-state index is 0.717. The lowest BCUT2D eigenvalue weighted by molar-refractivity contribution is 0.206. The van der Waals surface area contributed by atoms with Crippen molar-refractivity contribution in [3.05, 3.63) is 0 Å². The lowest BCUT2D eigenvalue weighted by Crippen LogP contribution is -2.33. The zero-order valence-corrected chi connectivity index (χ0v) is 9.41. The predicted octanol–water partition coefficient (Wildman–Crippen LogP) is 1.85. The third kappa shape index (κ3) is 2.29. The molecule has 2 rings (SSSR count). The summed E-state index contributed by atoms with van der Waals surface area (Å²) in [6.07, 6.45) is 7.12. The highest BCUT2D eigenvalue weighted by atomic mass is 15.2. The van der Waals surface area contributed by atoms with Gasteiger partial charge in [0.25, 0.3) is 0 Å². The Morgan fingerprint density at radius 1 is 1.43 bits per heavy atom. The minimum atomic E-state index is 0.717. The Morgan fingerprint density at radius 2 is 2.29 bits per heavy atom. The van der Waals surface area contributed by atoms with Gasteiger partial charge in [0.05, 0.1) is 0 Å². The van der Waals surface area contributed by atoms with Gasteiger partial charge in [-0.05, 0) is 57.0 Å². The molecule has 0 aromatic carbocycles. The summed E-state index contributed by atoms with van der Waals surface area (Å²) in [7, 11) is 0. The Hall–Kier alpha value is -0.0800. The van der Waals surface area contributed by atoms with Crippen molar-refractivity contribution in [3.63, 3.8) is 0 Å². The first-order chi connectivity index (χ1) is 6.79. The number of rotatable bonds is 5. The number of piperidine rings is 1. The molecule has 0 amide bonds. The Balaban J connectivity index is 1.62. The van der Waals surface area contributed by atoms with E-state index in [1.807, 2.05) is 0 Å². The maximum Gasteiger partial charge on any atom is 0.00985 e. The molecule has 2 aliphatic rings. The van der Waals surface area contributed by atoms with Crippen LogP contribution < -0.4 is 5.73 Å². The Bertz CT molecular complexity index is 181. The summed E-state index contributed by atoms with van der Waals surface area (Å²) in [6, 6.07) is 0.952. The van der Waals surface area contributed by atoms with Gasteiger partial charge in [-0.15, -0.1) is 0 Å². The maximum atomic E-state index is 5.61. The fourth-order valence-corrected chi connectivity index (χ4v) is 3.06. The Morgan fingerprint density at radius 3 is 2.86 bits per heavy atom. The van der Waals surface area contributed by atoms with E-state index in [2.05, 4.69) is 11.8 Å². The van der Waals surface area contributed by atoms with Crippen molar-refractivity contribution >= 4 is 0 Å². The SMILES string of the molecule is CC(CN)CCCN1CC2CCC1C2. The highest BCUT2D eigenvalue weighted by Gasteiger charge is 2.36. The molecule has 0 radical (unpaired) electrons. The molecule has 0 aromatic heterocycles. The van der Waals surface area contributed by atoms with Crippen LogP contribution in [0.2, 0.25) is 0 Å². The fourth-order valence-electron chi connectivity index (χ4n) is 3.06. The number of hydrogen-bond acceptors (Lipinski definition) is 2. The molecule has 0 aromatic rings. The molecular weight excluding hydrogens is 172 g/mol. The van der Waals surface area contributed by atoms with Crippen molar-refractivity contribution in [1.29, 1.82) is 0 Å². The molecule has 0 spiro atoms. The molecule has 1 aliphatic heterocycles. The molecule has 1 saturated carbocycles. The van der Waals surface area contributed by atoms with Crippen molar-refractivity contribution in [3.8, 4) is 0 Å². The number of nitrogens with zero attached hydrogens (tertiary/aromatic N) is 1. The van der Waals surface area contributed by atoms with Gasteiger partial charge in [-0.25, -0.2) is 0 Å². The molecule has 2 fully saturated rings. The first-order valence-electron chi connectivity index (χ1n) is 6.23. The molecule has 2 heteroatoms. The van der Waals surface area contributed by atoms with Crippen molar-refractivity contribution in [2.75, 3.05) is 19.6 Å². The van der Waals surface area contributed by atoms with E-state index in [4.69, 9.17) is 5.73 Å². The van der Waals surface area contributed by atoms with E-state index in [1.165, 1.54) is 45.2 Å². The van der Waals surface area contributed by atoms with Crippen LogP contribution in [0, 0.1) is 11.8 Å². The van der Waals surface area contributed by atoms with Crippen LogP contribution >= 0.6 is 0 Å². The normalized spacial score (nSPS) is 33.9. The molecular formula is C12H24N2. The second kappa shape index (κ2) is 4.63. The van der Waals surface area contributed by atoms with Gasteiger partial charge in [-0.1, -0.05) is 6.92 Å². The van der Waals surface area contributed by atoms with Gasteiger partial charge in [-0.2, -0.15) is 0 Å². The smallest absolute Gasteiger partial charge is 0.00985 e. The van der Waals surface area contributed by atoms with E-state index < -0.39 is 0 Å². The maximum absolute atomic E-state index is 5.61. The van der Waals surface area contributed by atoms with E-state index in [-0.39, 0.29) is 0 Å². The van der Waals surface area contributed by atoms with E-state index in [1.54, 1.807) is 0 Å². The summed E-state index contributed by atoms with van der Waals surface area (Å²) in [5.74, 6) is 1.77. The van der Waals surface area contributed by atoms with Crippen LogP contribution in [-0.2, 0) is 0 Å². The highest BCUT2D eigenvalue weighted by Crippen LogP contribution is 2.37. The summed E-state index contributed by atoms with van der Waals surface area (Å²) in [4.78, 5) is 2.72. The third-order valence-electron chi connectivity index (χ3n) is 4.07. The molecule has 2 N–H and O–H groups in total. The Labute approximate surface area is 87.8 Å². The number of nitrogens with two attached hydrogens (primary N) is 1. The topological polar surface area (TPSA) is 29.3 Å². The molecule has 3 unspecified atom stereocenters. The number of hydrogen-bond donors (Lipinski definition) is 1. The second-order valence-corrected chi connectivity index (χ2v) is 5.31. The average Bonchev–Trinajstić information content (AvgIpc) is 2.79. The monoisotopic (exact) mass is 196 g/mol. The van der Waals surface area contributed by atoms with Crippen LogP contribution in [0.3, 0.4) is 0 Å². The summed E-state index contributed by atoms with van der Waals surface area (Å²) in [6.45, 7) is 5.83. The van der Waals surface area contributed by atoms with Crippen LogP contribution in [0.15, 0.2) is 0 Å². The van der Waals surface area contributed by atoms with Crippen LogP contribution in [0.4, 0.5) is 0 Å². The molecule has 1 heterocycles. The molecule has 1 aliphatic carbocycles. The van der Waals surface area contributed by atoms with Crippen molar-refractivity contribution in [1.82, 2.24) is 4.90 Å². The number of likely N-dealkylation sites (tertiary alicyclic amines) is 1. The van der Waals surface area contributed by atoms with Gasteiger partial charge in [0, 0.05) is 12.6 Å². The minimum Gasteiger partial charge on any atom is -0.330 e. The second-order valence-electron chi connectivity index (χ2n) is 5.31. The van der Waals surface area contributed by atoms with Crippen molar-refractivity contribution in [2.45, 2.75) is 45.1 Å². The van der Waals surface area contributed by atoms with Crippen LogP contribution in [0.25, 0.3) is 0 Å². The van der Waals surface area contributed by atoms with Crippen molar-refractivity contribution in [2.24, 2.45) is 17.6 Å². The van der Waals surface area contributed by atoms with Crippen molar-refractivity contribution < 1.29 is 0 Å². The molecule has 82 valence electrons. The van der Waals surface area contributed by atoms with Gasteiger partial charge in [-0.3, -0.25) is 0 Å². The zero-order valence-electron chi connectivity index (χ0n) is 9.41. The first kappa shape index (κ1) is 10.4. The van der Waals surface area contributed by atoms with Crippen LogP contribution in [-0.4, -0.2) is 30.6 Å². The van der Waals surface area contributed by atoms with Crippen LogP contribution in [0.5, 0.6) is 0 Å². The first-order valence-corrected chi connectivity index (χ1v) is 6.23. The predicted molar refractivity (Wildman–Crippen MR) is 60.2 cm³/mol. The lowest BCUT2D eigenvalue weighted by Gasteiger charge is -2.26. The average molecular weight is 196 g/mol. The molecule has 1 saturated heterocycles. The fraction of sp³-hybridized carbons (Fsp3) is 1.00. The van der Waals surface area contributed by atoms with Gasteiger partial charge < -0.3 is 10.6 Å². The lowest BCUT2D eigenvalue weighted by atomic mass is 10.1. The molecule has 3 atom stereocenters. The summed E-state index contributed by atoms with van der Waals surface area (Å²) >= 11 is 0. The molecule has 14 heavy (non-hydrogen) atoms. The van der Waals surface area contributed by atoms with E-state index in [0.29, 0.717) is 0 Å². The summed E-state index contributed by atoms with van der Waals surface area (Å²) < 4.78 is 0. The third-order valence-corrected chi connectivity index (χ3v) is 4.07. The zero-order chi connectivity index (χ0) is 9.97. The standard InChI is InChI=1S/C12H24N2/c1-10(8-13)3-2-6-14-9-11-4-5-12(14)7-11/h10-12H,2-9,13H2,1H3. The largest absolute Gasteiger partial charge is 0.330 e. The van der Waals surface area contributed by atoms with E-state index in [9.17, 15) is 0 Å². The van der Waals surface area contributed by atoms with Gasteiger partial charge in [0.2, 0.25) is 0 Å². The number of fused-ring (bicyclic) bond motifs is 2. The summed E-state index contributed by atoms with van der Waals surface area (Å²) in [5, 5.41) is 0. The highest BCUT2D eigenvalue weighted by molar-refractivity contribution is 4.91. The summed E-state index contributed by atoms with van der Waals surface area (Å²) in [5.41, 5.74) is 5.61. The quantitative estimate of drug-likeness (QED) is 0.727. The van der Waals surface area contributed by atoms with Gasteiger partial charge >= 0.3 is 0 Å². The molecule has 2 bridgehead atoms.